The molecule has 2 aliphatic rings. The summed E-state index contributed by atoms with van der Waals surface area (Å²) < 4.78 is 18.7. The van der Waals surface area contributed by atoms with E-state index in [2.05, 4.69) is 14.8 Å². The van der Waals surface area contributed by atoms with Gasteiger partial charge in [0.2, 0.25) is 5.88 Å². The van der Waals surface area contributed by atoms with Crippen molar-refractivity contribution >= 4 is 5.82 Å². The largest absolute Gasteiger partial charge is 0.439 e. The lowest BCUT2D eigenvalue weighted by Crippen LogP contribution is -2.49. The fourth-order valence-corrected chi connectivity index (χ4v) is 3.85. The van der Waals surface area contributed by atoms with E-state index in [1.54, 1.807) is 12.1 Å². The third-order valence-corrected chi connectivity index (χ3v) is 5.22. The van der Waals surface area contributed by atoms with Crippen LogP contribution >= 0.6 is 0 Å². The third kappa shape index (κ3) is 3.93. The van der Waals surface area contributed by atoms with E-state index in [0.717, 1.165) is 38.0 Å². The third-order valence-electron chi connectivity index (χ3n) is 5.22. The number of rotatable bonds is 4. The van der Waals surface area contributed by atoms with Gasteiger partial charge in [-0.25, -0.2) is 4.39 Å². The Morgan fingerprint density at radius 2 is 1.64 bits per heavy atom. The molecular formula is C20H24FN3O. The Morgan fingerprint density at radius 1 is 0.920 bits per heavy atom. The van der Waals surface area contributed by atoms with Crippen molar-refractivity contribution in [3.63, 3.8) is 0 Å². The summed E-state index contributed by atoms with van der Waals surface area (Å²) in [6.45, 7) is 4.22. The van der Waals surface area contributed by atoms with Crippen LogP contribution in [-0.2, 0) is 0 Å². The SMILES string of the molecule is Fc1ccc(Oc2cccc(N3CCN(C4CCCC4)CC3)n2)cc1. The van der Waals surface area contributed by atoms with Crippen molar-refractivity contribution in [2.45, 2.75) is 31.7 Å². The van der Waals surface area contributed by atoms with Gasteiger partial charge in [0.25, 0.3) is 0 Å². The molecule has 25 heavy (non-hydrogen) atoms. The van der Waals surface area contributed by atoms with Gasteiger partial charge < -0.3 is 9.64 Å². The zero-order chi connectivity index (χ0) is 17.1. The van der Waals surface area contributed by atoms with Crippen LogP contribution in [0.5, 0.6) is 11.6 Å². The number of hydrogen-bond donors (Lipinski definition) is 0. The van der Waals surface area contributed by atoms with Gasteiger partial charge in [-0.1, -0.05) is 18.9 Å². The monoisotopic (exact) mass is 341 g/mol. The molecule has 1 saturated carbocycles. The lowest BCUT2D eigenvalue weighted by Gasteiger charge is -2.38. The van der Waals surface area contributed by atoms with E-state index < -0.39 is 0 Å². The van der Waals surface area contributed by atoms with Gasteiger partial charge in [-0.05, 0) is 43.2 Å². The van der Waals surface area contributed by atoms with Gasteiger partial charge in [0.05, 0.1) is 0 Å². The van der Waals surface area contributed by atoms with Crippen LogP contribution in [0.4, 0.5) is 10.2 Å². The van der Waals surface area contributed by atoms with Crippen LogP contribution in [0.15, 0.2) is 42.5 Å². The fourth-order valence-electron chi connectivity index (χ4n) is 3.85. The summed E-state index contributed by atoms with van der Waals surface area (Å²) in [6, 6.07) is 12.6. The first kappa shape index (κ1) is 16.3. The minimum atomic E-state index is -0.269. The molecule has 4 rings (SSSR count). The molecule has 0 unspecified atom stereocenters. The van der Waals surface area contributed by atoms with Crippen molar-refractivity contribution in [1.82, 2.24) is 9.88 Å². The standard InChI is InChI=1S/C20H24FN3O/c21-16-8-10-18(11-9-16)25-20-7-3-6-19(22-20)24-14-12-23(13-15-24)17-4-1-2-5-17/h3,6-11,17H,1-2,4-5,12-15H2. The predicted molar refractivity (Wildman–Crippen MR) is 96.8 cm³/mol. The lowest BCUT2D eigenvalue weighted by atomic mass is 10.2. The van der Waals surface area contributed by atoms with E-state index in [9.17, 15) is 4.39 Å². The topological polar surface area (TPSA) is 28.6 Å². The summed E-state index contributed by atoms with van der Waals surface area (Å²) in [7, 11) is 0. The quantitative estimate of drug-likeness (QED) is 0.838. The van der Waals surface area contributed by atoms with E-state index in [4.69, 9.17) is 4.74 Å². The van der Waals surface area contributed by atoms with Gasteiger partial charge in [0.15, 0.2) is 0 Å². The Bertz CT molecular complexity index is 692. The molecule has 5 heteroatoms. The van der Waals surface area contributed by atoms with Crippen LogP contribution in [0.1, 0.15) is 25.7 Å². The molecule has 1 aromatic carbocycles. The molecule has 0 spiro atoms. The number of pyridine rings is 1. The Labute approximate surface area is 148 Å². The first-order valence-electron chi connectivity index (χ1n) is 9.17. The molecule has 0 amide bonds. The zero-order valence-electron chi connectivity index (χ0n) is 14.4. The molecule has 0 N–H and O–H groups in total. The number of ether oxygens (including phenoxy) is 1. The summed E-state index contributed by atoms with van der Waals surface area (Å²) in [5, 5.41) is 0. The Kier molecular flexibility index (Phi) is 4.83. The van der Waals surface area contributed by atoms with Crippen LogP contribution in [-0.4, -0.2) is 42.1 Å². The number of benzene rings is 1. The molecule has 1 aromatic heterocycles. The smallest absolute Gasteiger partial charge is 0.221 e. The second-order valence-corrected chi connectivity index (χ2v) is 6.85. The minimum absolute atomic E-state index is 0.269. The van der Waals surface area contributed by atoms with Crippen LogP contribution in [0.2, 0.25) is 0 Å². The Balaban J connectivity index is 1.39. The van der Waals surface area contributed by atoms with E-state index in [1.807, 2.05) is 18.2 Å². The second kappa shape index (κ2) is 7.40. The number of hydrogen-bond acceptors (Lipinski definition) is 4. The molecular weight excluding hydrogens is 317 g/mol. The summed E-state index contributed by atoms with van der Waals surface area (Å²) in [5.74, 6) is 1.82. The molecule has 0 radical (unpaired) electrons. The van der Waals surface area contributed by atoms with Crippen molar-refractivity contribution < 1.29 is 9.13 Å². The highest BCUT2D eigenvalue weighted by atomic mass is 19.1. The van der Waals surface area contributed by atoms with Crippen molar-refractivity contribution in [2.24, 2.45) is 0 Å². The fraction of sp³-hybridized carbons (Fsp3) is 0.450. The maximum absolute atomic E-state index is 13.0. The molecule has 2 fully saturated rings. The molecule has 0 bridgehead atoms. The van der Waals surface area contributed by atoms with Crippen molar-refractivity contribution in [3.8, 4) is 11.6 Å². The van der Waals surface area contributed by atoms with Gasteiger partial charge in [0, 0.05) is 38.3 Å². The molecule has 132 valence electrons. The normalized spacial score (nSPS) is 19.3. The second-order valence-electron chi connectivity index (χ2n) is 6.85. The summed E-state index contributed by atoms with van der Waals surface area (Å²) in [5.41, 5.74) is 0. The van der Waals surface area contributed by atoms with Crippen molar-refractivity contribution in [3.05, 3.63) is 48.3 Å². The minimum Gasteiger partial charge on any atom is -0.439 e. The van der Waals surface area contributed by atoms with Gasteiger partial charge >= 0.3 is 0 Å². The molecule has 1 aliphatic heterocycles. The molecule has 4 nitrogen and oxygen atoms in total. The van der Waals surface area contributed by atoms with Crippen molar-refractivity contribution in [2.75, 3.05) is 31.1 Å². The zero-order valence-corrected chi connectivity index (χ0v) is 14.4. The maximum Gasteiger partial charge on any atom is 0.221 e. The van der Waals surface area contributed by atoms with Gasteiger partial charge in [-0.3, -0.25) is 4.90 Å². The van der Waals surface area contributed by atoms with Crippen molar-refractivity contribution in [1.29, 1.82) is 0 Å². The van der Waals surface area contributed by atoms with Gasteiger partial charge in [0.1, 0.15) is 17.4 Å². The number of halogens is 1. The molecule has 2 heterocycles. The van der Waals surface area contributed by atoms with Crippen LogP contribution in [0.3, 0.4) is 0 Å². The van der Waals surface area contributed by atoms with Crippen LogP contribution in [0.25, 0.3) is 0 Å². The predicted octanol–water partition coefficient (Wildman–Crippen LogP) is 4.08. The molecule has 2 aromatic rings. The lowest BCUT2D eigenvalue weighted by molar-refractivity contribution is 0.187. The van der Waals surface area contributed by atoms with Gasteiger partial charge in [-0.2, -0.15) is 4.98 Å². The van der Waals surface area contributed by atoms with E-state index in [1.165, 1.54) is 37.8 Å². The summed E-state index contributed by atoms with van der Waals surface area (Å²) >= 11 is 0. The average molecular weight is 341 g/mol. The first-order chi connectivity index (χ1) is 12.3. The number of piperazine rings is 1. The van der Waals surface area contributed by atoms with E-state index in [-0.39, 0.29) is 5.82 Å². The summed E-state index contributed by atoms with van der Waals surface area (Å²) in [4.78, 5) is 9.59. The van der Waals surface area contributed by atoms with Crippen LogP contribution < -0.4 is 9.64 Å². The number of aromatic nitrogens is 1. The maximum atomic E-state index is 13.0. The van der Waals surface area contributed by atoms with E-state index >= 15 is 0 Å². The highest BCUT2D eigenvalue weighted by molar-refractivity contribution is 5.42. The number of nitrogens with zero attached hydrogens (tertiary/aromatic N) is 3. The Morgan fingerprint density at radius 3 is 2.36 bits per heavy atom. The number of anilines is 1. The average Bonchev–Trinajstić information content (AvgIpc) is 3.19. The van der Waals surface area contributed by atoms with E-state index in [0.29, 0.717) is 11.6 Å². The summed E-state index contributed by atoms with van der Waals surface area (Å²) in [6.07, 6.45) is 5.49. The van der Waals surface area contributed by atoms with Gasteiger partial charge in [-0.15, -0.1) is 0 Å². The highest BCUT2D eigenvalue weighted by Gasteiger charge is 2.26. The molecule has 1 aliphatic carbocycles. The molecule has 1 saturated heterocycles. The highest BCUT2D eigenvalue weighted by Crippen LogP contribution is 2.26. The van der Waals surface area contributed by atoms with Crippen LogP contribution in [0, 0.1) is 5.82 Å². The molecule has 0 atom stereocenters. The Hall–Kier alpha value is -2.14. The first-order valence-corrected chi connectivity index (χ1v) is 9.17.